The number of thioether (sulfide) groups is 1. The largest absolute Gasteiger partial charge is 0.330 e. The second kappa shape index (κ2) is 2.93. The normalized spacial score (nSPS) is 22.0. The summed E-state index contributed by atoms with van der Waals surface area (Å²) in [4.78, 5) is 0. The summed E-state index contributed by atoms with van der Waals surface area (Å²) in [6.45, 7) is 3.09. The smallest absolute Gasteiger partial charge is 0.0173 e. The average Bonchev–Trinajstić information content (AvgIpc) is 2.51. The van der Waals surface area contributed by atoms with E-state index in [2.05, 4.69) is 18.7 Å². The molecule has 1 aliphatic rings. The lowest BCUT2D eigenvalue weighted by Gasteiger charge is -2.10. The molecule has 0 amide bonds. The Morgan fingerprint density at radius 2 is 2.22 bits per heavy atom. The molecular weight excluding hydrogens is 130 g/mol. The van der Waals surface area contributed by atoms with Crippen LogP contribution in [0.4, 0.5) is 0 Å². The van der Waals surface area contributed by atoms with E-state index in [0.29, 0.717) is 4.75 Å². The van der Waals surface area contributed by atoms with Crippen LogP contribution in [0.5, 0.6) is 0 Å². The lowest BCUT2D eigenvalue weighted by Crippen LogP contribution is -2.11. The van der Waals surface area contributed by atoms with E-state index in [9.17, 15) is 0 Å². The Bertz CT molecular complexity index is 80.9. The first-order valence-electron chi connectivity index (χ1n) is 3.67. The summed E-state index contributed by atoms with van der Waals surface area (Å²) < 4.78 is 0.642. The van der Waals surface area contributed by atoms with Crippen LogP contribution < -0.4 is 5.73 Å². The Hall–Kier alpha value is 0.310. The van der Waals surface area contributed by atoms with Crippen molar-refractivity contribution in [3.63, 3.8) is 0 Å². The maximum Gasteiger partial charge on any atom is 0.0173 e. The molecule has 0 heterocycles. The van der Waals surface area contributed by atoms with Crippen LogP contribution in [0, 0.1) is 0 Å². The molecule has 0 saturated heterocycles. The van der Waals surface area contributed by atoms with Crippen LogP contribution in [0.2, 0.25) is 0 Å². The minimum atomic E-state index is 0.642. The molecule has 1 rings (SSSR count). The van der Waals surface area contributed by atoms with Crippen LogP contribution in [0.25, 0.3) is 0 Å². The summed E-state index contributed by atoms with van der Waals surface area (Å²) in [6.07, 6.45) is 4.04. The molecule has 2 N–H and O–H groups in total. The Kier molecular flexibility index (Phi) is 2.42. The van der Waals surface area contributed by atoms with Crippen molar-refractivity contribution in [3.05, 3.63) is 0 Å². The van der Waals surface area contributed by atoms with Crippen molar-refractivity contribution >= 4 is 11.8 Å². The topological polar surface area (TPSA) is 26.0 Å². The fourth-order valence-corrected chi connectivity index (χ4v) is 2.44. The fraction of sp³-hybridized carbons (Fsp3) is 1.00. The number of hydrogen-bond acceptors (Lipinski definition) is 2. The zero-order valence-electron chi connectivity index (χ0n) is 6.02. The predicted octanol–water partition coefficient (Wildman–Crippen LogP) is 1.62. The summed E-state index contributed by atoms with van der Waals surface area (Å²) in [5, 5.41) is 0. The molecule has 0 bridgehead atoms. The first-order valence-corrected chi connectivity index (χ1v) is 4.65. The van der Waals surface area contributed by atoms with Gasteiger partial charge in [0.25, 0.3) is 0 Å². The monoisotopic (exact) mass is 145 g/mol. The molecule has 0 radical (unpaired) electrons. The lowest BCUT2D eigenvalue weighted by atomic mass is 10.3. The number of rotatable bonds is 4. The maximum atomic E-state index is 5.47. The molecule has 0 aliphatic heterocycles. The van der Waals surface area contributed by atoms with Gasteiger partial charge in [-0.25, -0.2) is 0 Å². The van der Waals surface area contributed by atoms with Crippen LogP contribution >= 0.6 is 11.8 Å². The second-order valence-electron chi connectivity index (χ2n) is 2.65. The number of hydrogen-bond donors (Lipinski definition) is 1. The highest BCUT2D eigenvalue weighted by atomic mass is 32.2. The van der Waals surface area contributed by atoms with Gasteiger partial charge in [0.1, 0.15) is 0 Å². The third-order valence-corrected chi connectivity index (χ3v) is 3.37. The molecule has 1 saturated carbocycles. The molecule has 0 aromatic rings. The van der Waals surface area contributed by atoms with Crippen molar-refractivity contribution in [2.75, 3.05) is 12.3 Å². The van der Waals surface area contributed by atoms with Crippen molar-refractivity contribution < 1.29 is 0 Å². The average molecular weight is 145 g/mol. The second-order valence-corrected chi connectivity index (χ2v) is 4.39. The predicted molar refractivity (Wildman–Crippen MR) is 43.8 cm³/mol. The quantitative estimate of drug-likeness (QED) is 0.650. The minimum Gasteiger partial charge on any atom is -0.330 e. The van der Waals surface area contributed by atoms with Gasteiger partial charge >= 0.3 is 0 Å². The zero-order valence-corrected chi connectivity index (χ0v) is 6.84. The van der Waals surface area contributed by atoms with Crippen molar-refractivity contribution in [2.24, 2.45) is 5.73 Å². The van der Waals surface area contributed by atoms with Crippen LogP contribution in [0.1, 0.15) is 26.2 Å². The number of nitrogens with two attached hydrogens (primary N) is 1. The van der Waals surface area contributed by atoms with Crippen molar-refractivity contribution in [1.82, 2.24) is 0 Å². The highest BCUT2D eigenvalue weighted by molar-refractivity contribution is 8.00. The molecule has 0 unspecified atom stereocenters. The fourth-order valence-electron chi connectivity index (χ4n) is 1.18. The van der Waals surface area contributed by atoms with Gasteiger partial charge in [0, 0.05) is 4.75 Å². The molecule has 1 fully saturated rings. The zero-order chi connectivity index (χ0) is 6.74. The molecule has 0 atom stereocenters. The van der Waals surface area contributed by atoms with E-state index in [-0.39, 0.29) is 0 Å². The van der Waals surface area contributed by atoms with Gasteiger partial charge < -0.3 is 5.73 Å². The lowest BCUT2D eigenvalue weighted by molar-refractivity contribution is 0.782. The first-order chi connectivity index (χ1) is 4.33. The van der Waals surface area contributed by atoms with Gasteiger partial charge in [0.2, 0.25) is 0 Å². The molecule has 0 aromatic heterocycles. The van der Waals surface area contributed by atoms with E-state index in [1.165, 1.54) is 25.0 Å². The van der Waals surface area contributed by atoms with Crippen LogP contribution in [-0.2, 0) is 0 Å². The molecule has 54 valence electrons. The van der Waals surface area contributed by atoms with E-state index in [1.807, 2.05) is 0 Å². The van der Waals surface area contributed by atoms with E-state index in [1.54, 1.807) is 0 Å². The van der Waals surface area contributed by atoms with Gasteiger partial charge in [-0.3, -0.25) is 0 Å². The highest BCUT2D eigenvalue weighted by Crippen LogP contribution is 2.50. The van der Waals surface area contributed by atoms with Crippen LogP contribution in [0.15, 0.2) is 0 Å². The molecule has 1 aliphatic carbocycles. The van der Waals surface area contributed by atoms with Gasteiger partial charge in [0.05, 0.1) is 0 Å². The summed E-state index contributed by atoms with van der Waals surface area (Å²) in [5.74, 6) is 1.25. The van der Waals surface area contributed by atoms with Gasteiger partial charge in [-0.2, -0.15) is 11.8 Å². The SMILES string of the molecule is CCSC1(CCN)CC1. The Labute approximate surface area is 61.4 Å². The minimum absolute atomic E-state index is 0.642. The van der Waals surface area contributed by atoms with E-state index in [4.69, 9.17) is 5.73 Å². The van der Waals surface area contributed by atoms with Gasteiger partial charge in [0.15, 0.2) is 0 Å². The van der Waals surface area contributed by atoms with Gasteiger partial charge in [-0.1, -0.05) is 6.92 Å². The third kappa shape index (κ3) is 1.87. The third-order valence-electron chi connectivity index (χ3n) is 1.86. The Morgan fingerprint density at radius 3 is 2.56 bits per heavy atom. The summed E-state index contributed by atoms with van der Waals surface area (Å²) in [6, 6.07) is 0. The summed E-state index contributed by atoms with van der Waals surface area (Å²) >= 11 is 2.09. The standard InChI is InChI=1S/C7H15NS/c1-2-9-7(3-4-7)5-6-8/h2-6,8H2,1H3. The first kappa shape index (κ1) is 7.42. The van der Waals surface area contributed by atoms with Crippen LogP contribution in [-0.4, -0.2) is 17.0 Å². The highest BCUT2D eigenvalue weighted by Gasteiger charge is 2.41. The molecule has 1 nitrogen and oxygen atoms in total. The molecular formula is C7H15NS. The molecule has 9 heavy (non-hydrogen) atoms. The van der Waals surface area contributed by atoms with Crippen molar-refractivity contribution in [2.45, 2.75) is 30.9 Å². The van der Waals surface area contributed by atoms with Crippen molar-refractivity contribution in [1.29, 1.82) is 0 Å². The van der Waals surface area contributed by atoms with Gasteiger partial charge in [-0.15, -0.1) is 0 Å². The van der Waals surface area contributed by atoms with E-state index < -0.39 is 0 Å². The maximum absolute atomic E-state index is 5.47. The molecule has 0 aromatic carbocycles. The Morgan fingerprint density at radius 1 is 1.56 bits per heavy atom. The Balaban J connectivity index is 2.17. The van der Waals surface area contributed by atoms with Crippen molar-refractivity contribution in [3.8, 4) is 0 Å². The molecule has 0 spiro atoms. The van der Waals surface area contributed by atoms with Crippen LogP contribution in [0.3, 0.4) is 0 Å². The van der Waals surface area contributed by atoms with E-state index >= 15 is 0 Å². The molecule has 2 heteroatoms. The summed E-state index contributed by atoms with van der Waals surface area (Å²) in [5.41, 5.74) is 5.47. The van der Waals surface area contributed by atoms with E-state index in [0.717, 1.165) is 6.54 Å². The van der Waals surface area contributed by atoms with Gasteiger partial charge in [-0.05, 0) is 31.6 Å². The summed E-state index contributed by atoms with van der Waals surface area (Å²) in [7, 11) is 0.